The first-order chi connectivity index (χ1) is 10.4. The van der Waals surface area contributed by atoms with Crippen molar-refractivity contribution in [3.63, 3.8) is 0 Å². The average molecular weight is 304 g/mol. The highest BCUT2D eigenvalue weighted by atomic mass is 35.5. The summed E-state index contributed by atoms with van der Waals surface area (Å²) in [5, 5.41) is 10.8. The molecule has 0 aliphatic rings. The van der Waals surface area contributed by atoms with Crippen LogP contribution in [0.5, 0.6) is 5.75 Å². The standard InChI is InChI=1S/C14H14ClN5O/c15-4-1-5-21-11-2-3-12-13(6-11)16-9-17-14(12)20-10-7-18-19-8-10/h2-3,6-9H,1,4-5H2,(H,18,19)(H,16,17,20). The molecular weight excluding hydrogens is 290 g/mol. The van der Waals surface area contributed by atoms with Crippen molar-refractivity contribution in [1.29, 1.82) is 0 Å². The van der Waals surface area contributed by atoms with Gasteiger partial charge in [0.1, 0.15) is 17.9 Å². The van der Waals surface area contributed by atoms with Crippen molar-refractivity contribution in [3.8, 4) is 5.75 Å². The van der Waals surface area contributed by atoms with Crippen LogP contribution < -0.4 is 10.1 Å². The molecule has 0 fully saturated rings. The summed E-state index contributed by atoms with van der Waals surface area (Å²) in [7, 11) is 0. The summed E-state index contributed by atoms with van der Waals surface area (Å²) < 4.78 is 5.62. The van der Waals surface area contributed by atoms with E-state index in [9.17, 15) is 0 Å². The van der Waals surface area contributed by atoms with Gasteiger partial charge in [-0.05, 0) is 18.6 Å². The zero-order chi connectivity index (χ0) is 14.5. The summed E-state index contributed by atoms with van der Waals surface area (Å²) in [6, 6.07) is 5.74. The van der Waals surface area contributed by atoms with Gasteiger partial charge >= 0.3 is 0 Å². The Bertz CT molecular complexity index is 716. The van der Waals surface area contributed by atoms with E-state index in [2.05, 4.69) is 25.5 Å². The molecule has 0 amide bonds. The fourth-order valence-corrected chi connectivity index (χ4v) is 2.04. The highest BCUT2D eigenvalue weighted by molar-refractivity contribution is 6.17. The zero-order valence-electron chi connectivity index (χ0n) is 11.2. The number of hydrogen-bond acceptors (Lipinski definition) is 5. The first-order valence-electron chi connectivity index (χ1n) is 6.56. The number of rotatable bonds is 6. The number of alkyl halides is 1. The molecule has 2 N–H and O–H groups in total. The molecule has 0 aliphatic heterocycles. The third-order valence-electron chi connectivity index (χ3n) is 2.92. The third kappa shape index (κ3) is 3.22. The van der Waals surface area contributed by atoms with Crippen molar-refractivity contribution in [2.75, 3.05) is 17.8 Å². The van der Waals surface area contributed by atoms with Crippen LogP contribution in [0, 0.1) is 0 Å². The Morgan fingerprint density at radius 3 is 3.05 bits per heavy atom. The van der Waals surface area contributed by atoms with E-state index >= 15 is 0 Å². The minimum Gasteiger partial charge on any atom is -0.493 e. The second kappa shape index (κ2) is 6.41. The number of anilines is 2. The molecular formula is C14H14ClN5O. The van der Waals surface area contributed by atoms with Crippen LogP contribution in [0.3, 0.4) is 0 Å². The molecule has 6 nitrogen and oxygen atoms in total. The number of aromatic amines is 1. The number of benzene rings is 1. The van der Waals surface area contributed by atoms with E-state index < -0.39 is 0 Å². The minimum atomic E-state index is 0.592. The molecule has 0 unspecified atom stereocenters. The quantitative estimate of drug-likeness (QED) is 0.540. The summed E-state index contributed by atoms with van der Waals surface area (Å²) in [4.78, 5) is 8.54. The predicted molar refractivity (Wildman–Crippen MR) is 82.2 cm³/mol. The van der Waals surface area contributed by atoms with Gasteiger partial charge in [-0.1, -0.05) is 0 Å². The van der Waals surface area contributed by atoms with Gasteiger partial charge in [0.05, 0.1) is 24.0 Å². The Balaban J connectivity index is 1.86. The molecule has 0 spiro atoms. The maximum absolute atomic E-state index is 5.63. The number of aromatic nitrogens is 4. The van der Waals surface area contributed by atoms with Gasteiger partial charge in [0.25, 0.3) is 0 Å². The fourth-order valence-electron chi connectivity index (χ4n) is 1.93. The molecule has 1 aromatic carbocycles. The molecule has 0 saturated carbocycles. The predicted octanol–water partition coefficient (Wildman–Crippen LogP) is 3.10. The lowest BCUT2D eigenvalue weighted by molar-refractivity contribution is 0.318. The second-order valence-corrected chi connectivity index (χ2v) is 4.78. The highest BCUT2D eigenvalue weighted by Gasteiger charge is 2.06. The highest BCUT2D eigenvalue weighted by Crippen LogP contribution is 2.25. The van der Waals surface area contributed by atoms with E-state index in [4.69, 9.17) is 16.3 Å². The van der Waals surface area contributed by atoms with Crippen LogP contribution in [-0.2, 0) is 0 Å². The first-order valence-corrected chi connectivity index (χ1v) is 7.09. The Labute approximate surface area is 126 Å². The Morgan fingerprint density at radius 1 is 1.29 bits per heavy atom. The maximum atomic E-state index is 5.63. The van der Waals surface area contributed by atoms with Gasteiger partial charge in [0.2, 0.25) is 0 Å². The van der Waals surface area contributed by atoms with Crippen LogP contribution >= 0.6 is 11.6 Å². The molecule has 3 aromatic rings. The van der Waals surface area contributed by atoms with E-state index in [0.717, 1.165) is 34.6 Å². The van der Waals surface area contributed by atoms with E-state index in [1.165, 1.54) is 6.33 Å². The maximum Gasteiger partial charge on any atom is 0.141 e. The molecule has 2 aromatic heterocycles. The van der Waals surface area contributed by atoms with Gasteiger partial charge < -0.3 is 10.1 Å². The normalized spacial score (nSPS) is 10.7. The number of hydrogen-bond donors (Lipinski definition) is 2. The van der Waals surface area contributed by atoms with Crippen LogP contribution in [-0.4, -0.2) is 32.7 Å². The molecule has 0 atom stereocenters. The van der Waals surface area contributed by atoms with Crippen molar-refractivity contribution in [2.45, 2.75) is 6.42 Å². The zero-order valence-corrected chi connectivity index (χ0v) is 12.0. The molecule has 3 rings (SSSR count). The lowest BCUT2D eigenvalue weighted by Crippen LogP contribution is -1.99. The van der Waals surface area contributed by atoms with Crippen LogP contribution in [0.2, 0.25) is 0 Å². The Hall–Kier alpha value is -2.34. The van der Waals surface area contributed by atoms with Gasteiger partial charge in [-0.25, -0.2) is 9.97 Å². The lowest BCUT2D eigenvalue weighted by atomic mass is 10.2. The van der Waals surface area contributed by atoms with Crippen molar-refractivity contribution < 1.29 is 4.74 Å². The van der Waals surface area contributed by atoms with Crippen molar-refractivity contribution in [3.05, 3.63) is 36.9 Å². The molecule has 2 heterocycles. The van der Waals surface area contributed by atoms with E-state index in [1.807, 2.05) is 18.2 Å². The number of nitrogens with zero attached hydrogens (tertiary/aromatic N) is 3. The van der Waals surface area contributed by atoms with Crippen LogP contribution in [0.1, 0.15) is 6.42 Å². The third-order valence-corrected chi connectivity index (χ3v) is 3.18. The summed E-state index contributed by atoms with van der Waals surface area (Å²) in [5.74, 6) is 2.10. The minimum absolute atomic E-state index is 0.592. The number of halogens is 1. The smallest absolute Gasteiger partial charge is 0.141 e. The number of nitrogens with one attached hydrogen (secondary N) is 2. The first kappa shape index (κ1) is 13.6. The van der Waals surface area contributed by atoms with E-state index in [0.29, 0.717) is 12.5 Å². The summed E-state index contributed by atoms with van der Waals surface area (Å²) in [6.07, 6.45) is 5.79. The molecule has 21 heavy (non-hydrogen) atoms. The lowest BCUT2D eigenvalue weighted by Gasteiger charge is -2.09. The average Bonchev–Trinajstić information content (AvgIpc) is 3.01. The number of H-pyrrole nitrogens is 1. The fraction of sp³-hybridized carbons (Fsp3) is 0.214. The van der Waals surface area contributed by atoms with Gasteiger partial charge in [-0.2, -0.15) is 5.10 Å². The van der Waals surface area contributed by atoms with Crippen LogP contribution in [0.15, 0.2) is 36.9 Å². The van der Waals surface area contributed by atoms with Crippen molar-refractivity contribution in [1.82, 2.24) is 20.2 Å². The summed E-state index contributed by atoms with van der Waals surface area (Å²) in [5.41, 5.74) is 1.66. The van der Waals surface area contributed by atoms with Crippen molar-refractivity contribution >= 4 is 34.0 Å². The van der Waals surface area contributed by atoms with Crippen molar-refractivity contribution in [2.24, 2.45) is 0 Å². The number of ether oxygens (including phenoxy) is 1. The molecule has 0 bridgehead atoms. The summed E-state index contributed by atoms with van der Waals surface area (Å²) in [6.45, 7) is 0.597. The van der Waals surface area contributed by atoms with Gasteiger partial charge in [0, 0.05) is 23.5 Å². The number of fused-ring (bicyclic) bond motifs is 1. The van der Waals surface area contributed by atoms with Gasteiger partial charge in [0.15, 0.2) is 0 Å². The molecule has 108 valence electrons. The monoisotopic (exact) mass is 303 g/mol. The molecule has 0 saturated heterocycles. The van der Waals surface area contributed by atoms with Crippen LogP contribution in [0.25, 0.3) is 10.9 Å². The molecule has 0 aliphatic carbocycles. The Morgan fingerprint density at radius 2 is 2.24 bits per heavy atom. The van der Waals surface area contributed by atoms with E-state index in [1.54, 1.807) is 12.4 Å². The van der Waals surface area contributed by atoms with E-state index in [-0.39, 0.29) is 0 Å². The topological polar surface area (TPSA) is 75.7 Å². The second-order valence-electron chi connectivity index (χ2n) is 4.40. The largest absolute Gasteiger partial charge is 0.493 e. The Kier molecular flexibility index (Phi) is 4.16. The summed E-state index contributed by atoms with van der Waals surface area (Å²) >= 11 is 5.63. The molecule has 0 radical (unpaired) electrons. The molecule has 7 heteroatoms. The SMILES string of the molecule is ClCCCOc1ccc2c(Nc3cn[nH]c3)ncnc2c1. The van der Waals surface area contributed by atoms with Gasteiger partial charge in [-0.3, -0.25) is 5.10 Å². The van der Waals surface area contributed by atoms with Gasteiger partial charge in [-0.15, -0.1) is 11.6 Å². The van der Waals surface area contributed by atoms with Crippen LogP contribution in [0.4, 0.5) is 11.5 Å².